The topological polar surface area (TPSA) is 80.0 Å². The minimum absolute atomic E-state index is 0.0919. The summed E-state index contributed by atoms with van der Waals surface area (Å²) in [4.78, 5) is 12.0. The fourth-order valence-electron chi connectivity index (χ4n) is 1.72. The molecule has 2 rings (SSSR count). The molecule has 0 fully saturated rings. The third kappa shape index (κ3) is 4.90. The number of halogens is 2. The first-order valence-electron chi connectivity index (χ1n) is 6.33. The lowest BCUT2D eigenvalue weighted by atomic mass is 10.3. The Morgan fingerprint density at radius 1 is 1.38 bits per heavy atom. The van der Waals surface area contributed by atoms with Gasteiger partial charge in [0.15, 0.2) is 0 Å². The first-order valence-corrected chi connectivity index (χ1v) is 7.92. The van der Waals surface area contributed by atoms with E-state index in [0.717, 1.165) is 14.6 Å². The van der Waals surface area contributed by atoms with Crippen LogP contribution >= 0.6 is 31.9 Å². The first-order chi connectivity index (χ1) is 10.1. The average Bonchev–Trinajstić information content (AvgIpc) is 2.87. The highest BCUT2D eigenvalue weighted by Crippen LogP contribution is 2.26. The molecule has 1 aromatic heterocycles. The summed E-state index contributed by atoms with van der Waals surface area (Å²) in [6, 6.07) is 5.51. The van der Waals surface area contributed by atoms with Crippen LogP contribution in [0.2, 0.25) is 0 Å². The van der Waals surface area contributed by atoms with E-state index in [4.69, 9.17) is 5.11 Å². The lowest BCUT2D eigenvalue weighted by Gasteiger charge is -2.07. The quantitative estimate of drug-likeness (QED) is 0.756. The third-order valence-corrected chi connectivity index (χ3v) is 3.84. The summed E-state index contributed by atoms with van der Waals surface area (Å²) in [6.45, 7) is 0.208. The maximum Gasteiger partial charge on any atom is 0.246 e. The normalized spacial score (nSPS) is 10.6. The van der Waals surface area contributed by atoms with Crippen LogP contribution in [0.15, 0.2) is 33.3 Å². The summed E-state index contributed by atoms with van der Waals surface area (Å²) in [5, 5.41) is 19.4. The standard InChI is InChI=1S/C13H14Br2N4O2/c14-9-3-4-12(11(15)6-9)16-13(21)8-19-7-10(17-18-19)2-1-5-20/h3-4,6-7,20H,1-2,5,8H2,(H,16,21). The van der Waals surface area contributed by atoms with Crippen LogP contribution in [-0.4, -0.2) is 32.6 Å². The summed E-state index contributed by atoms with van der Waals surface area (Å²) in [5.74, 6) is -0.184. The third-order valence-electron chi connectivity index (χ3n) is 2.69. The van der Waals surface area contributed by atoms with Gasteiger partial charge in [-0.1, -0.05) is 21.1 Å². The first kappa shape index (κ1) is 16.1. The number of benzene rings is 1. The number of aliphatic hydroxyl groups is 1. The second kappa shape index (κ2) is 7.67. The van der Waals surface area contributed by atoms with Crippen LogP contribution in [-0.2, 0) is 17.8 Å². The zero-order valence-electron chi connectivity index (χ0n) is 11.1. The van der Waals surface area contributed by atoms with Gasteiger partial charge < -0.3 is 10.4 Å². The molecule has 1 aromatic carbocycles. The number of amides is 1. The van der Waals surface area contributed by atoms with E-state index in [-0.39, 0.29) is 19.1 Å². The number of aromatic nitrogens is 3. The molecular weight excluding hydrogens is 404 g/mol. The van der Waals surface area contributed by atoms with Gasteiger partial charge in [-0.25, -0.2) is 4.68 Å². The van der Waals surface area contributed by atoms with Gasteiger partial charge >= 0.3 is 0 Å². The molecule has 0 spiro atoms. The van der Waals surface area contributed by atoms with Crippen LogP contribution in [0, 0.1) is 0 Å². The van der Waals surface area contributed by atoms with E-state index >= 15 is 0 Å². The Morgan fingerprint density at radius 3 is 2.90 bits per heavy atom. The molecular formula is C13H14Br2N4O2. The van der Waals surface area contributed by atoms with Crippen molar-refractivity contribution in [2.45, 2.75) is 19.4 Å². The summed E-state index contributed by atoms with van der Waals surface area (Å²) >= 11 is 6.75. The number of aliphatic hydroxyl groups excluding tert-OH is 1. The highest BCUT2D eigenvalue weighted by atomic mass is 79.9. The average molecular weight is 418 g/mol. The van der Waals surface area contributed by atoms with Crippen molar-refractivity contribution >= 4 is 43.5 Å². The highest BCUT2D eigenvalue weighted by Gasteiger charge is 2.08. The van der Waals surface area contributed by atoms with E-state index in [2.05, 4.69) is 47.5 Å². The minimum atomic E-state index is -0.184. The van der Waals surface area contributed by atoms with Crippen LogP contribution in [0.5, 0.6) is 0 Å². The maximum atomic E-state index is 12.0. The van der Waals surface area contributed by atoms with Crippen molar-refractivity contribution in [3.63, 3.8) is 0 Å². The molecule has 0 saturated heterocycles. The van der Waals surface area contributed by atoms with E-state index < -0.39 is 0 Å². The number of rotatable bonds is 6. The summed E-state index contributed by atoms with van der Waals surface area (Å²) < 4.78 is 3.21. The van der Waals surface area contributed by atoms with E-state index in [0.29, 0.717) is 18.5 Å². The largest absolute Gasteiger partial charge is 0.396 e. The fraction of sp³-hybridized carbons (Fsp3) is 0.308. The van der Waals surface area contributed by atoms with Gasteiger partial charge in [0.1, 0.15) is 6.54 Å². The molecule has 0 aliphatic heterocycles. The van der Waals surface area contributed by atoms with Crippen LogP contribution in [0.25, 0.3) is 0 Å². The number of nitrogens with one attached hydrogen (secondary N) is 1. The van der Waals surface area contributed by atoms with Crippen LogP contribution in [0.4, 0.5) is 5.69 Å². The Bertz CT molecular complexity index is 630. The Hall–Kier alpha value is -1.25. The van der Waals surface area contributed by atoms with Crippen molar-refractivity contribution in [1.82, 2.24) is 15.0 Å². The van der Waals surface area contributed by atoms with Gasteiger partial charge in [0, 0.05) is 21.7 Å². The van der Waals surface area contributed by atoms with Crippen molar-refractivity contribution in [2.24, 2.45) is 0 Å². The van der Waals surface area contributed by atoms with E-state index in [1.807, 2.05) is 12.1 Å². The molecule has 0 radical (unpaired) electrons. The van der Waals surface area contributed by atoms with Gasteiger partial charge in [-0.15, -0.1) is 5.10 Å². The van der Waals surface area contributed by atoms with Crippen molar-refractivity contribution < 1.29 is 9.90 Å². The molecule has 2 aromatic rings. The molecule has 21 heavy (non-hydrogen) atoms. The van der Waals surface area contributed by atoms with Gasteiger partial charge in [0.25, 0.3) is 0 Å². The smallest absolute Gasteiger partial charge is 0.246 e. The van der Waals surface area contributed by atoms with Crippen molar-refractivity contribution in [2.75, 3.05) is 11.9 Å². The molecule has 112 valence electrons. The highest BCUT2D eigenvalue weighted by molar-refractivity contribution is 9.11. The molecule has 0 saturated carbocycles. The number of hydrogen-bond acceptors (Lipinski definition) is 4. The number of carbonyl (C=O) groups excluding carboxylic acids is 1. The number of anilines is 1. The SMILES string of the molecule is O=C(Cn1cc(CCCO)nn1)Nc1ccc(Br)cc1Br. The molecule has 1 amide bonds. The van der Waals surface area contributed by atoms with Crippen LogP contribution in [0.1, 0.15) is 12.1 Å². The summed E-state index contributed by atoms with van der Waals surface area (Å²) in [6.07, 6.45) is 3.00. The minimum Gasteiger partial charge on any atom is -0.396 e. The molecule has 0 aliphatic rings. The van der Waals surface area contributed by atoms with Crippen LogP contribution in [0.3, 0.4) is 0 Å². The van der Waals surface area contributed by atoms with E-state index in [1.165, 1.54) is 4.68 Å². The number of hydrogen-bond donors (Lipinski definition) is 2. The number of aryl methyl sites for hydroxylation is 1. The molecule has 0 bridgehead atoms. The number of nitrogens with zero attached hydrogens (tertiary/aromatic N) is 3. The van der Waals surface area contributed by atoms with E-state index in [9.17, 15) is 4.79 Å². The van der Waals surface area contributed by atoms with E-state index in [1.54, 1.807) is 12.3 Å². The van der Waals surface area contributed by atoms with Gasteiger partial charge in [-0.3, -0.25) is 4.79 Å². The Labute approximate surface area is 138 Å². The summed E-state index contributed by atoms with van der Waals surface area (Å²) in [5.41, 5.74) is 1.46. The van der Waals surface area contributed by atoms with Crippen molar-refractivity contribution in [1.29, 1.82) is 0 Å². The monoisotopic (exact) mass is 416 g/mol. The van der Waals surface area contributed by atoms with Crippen molar-refractivity contribution in [3.8, 4) is 0 Å². The van der Waals surface area contributed by atoms with Crippen LogP contribution < -0.4 is 5.32 Å². The zero-order valence-corrected chi connectivity index (χ0v) is 14.3. The second-order valence-electron chi connectivity index (χ2n) is 4.41. The lowest BCUT2D eigenvalue weighted by Crippen LogP contribution is -2.19. The Balaban J connectivity index is 1.93. The van der Waals surface area contributed by atoms with Gasteiger partial charge in [-0.05, 0) is 47.0 Å². The maximum absolute atomic E-state index is 12.0. The van der Waals surface area contributed by atoms with Gasteiger partial charge in [-0.2, -0.15) is 0 Å². The predicted octanol–water partition coefficient (Wildman–Crippen LogP) is 2.37. The lowest BCUT2D eigenvalue weighted by molar-refractivity contribution is -0.116. The molecule has 1 heterocycles. The predicted molar refractivity (Wildman–Crippen MR) is 85.9 cm³/mol. The fourth-order valence-corrected chi connectivity index (χ4v) is 2.86. The van der Waals surface area contributed by atoms with Crippen molar-refractivity contribution in [3.05, 3.63) is 39.0 Å². The van der Waals surface area contributed by atoms with Gasteiger partial charge in [0.05, 0.1) is 11.4 Å². The van der Waals surface area contributed by atoms with Gasteiger partial charge in [0.2, 0.25) is 5.91 Å². The molecule has 0 atom stereocenters. The molecule has 6 nitrogen and oxygen atoms in total. The Kier molecular flexibility index (Phi) is 5.89. The Morgan fingerprint density at radius 2 is 2.19 bits per heavy atom. The molecule has 0 unspecified atom stereocenters. The molecule has 8 heteroatoms. The molecule has 2 N–H and O–H groups in total. The summed E-state index contributed by atoms with van der Waals surface area (Å²) in [7, 11) is 0. The number of carbonyl (C=O) groups is 1. The second-order valence-corrected chi connectivity index (χ2v) is 6.18. The molecule has 0 aliphatic carbocycles. The zero-order chi connectivity index (χ0) is 15.2.